The predicted molar refractivity (Wildman–Crippen MR) is 46.4 cm³/mol. The molecular formula is C9H5F3S. The van der Waals surface area contributed by atoms with Crippen LogP contribution in [-0.2, 0) is 0 Å². The van der Waals surface area contributed by atoms with E-state index in [1.807, 2.05) is 0 Å². The number of fused-ring (bicyclic) bond motifs is 1. The van der Waals surface area contributed by atoms with Gasteiger partial charge in [0, 0.05) is 15.6 Å². The maximum Gasteiger partial charge on any atom is 0.195 e. The van der Waals surface area contributed by atoms with Crippen molar-refractivity contribution < 1.29 is 13.2 Å². The summed E-state index contributed by atoms with van der Waals surface area (Å²) in [6.45, 7) is 1.44. The van der Waals surface area contributed by atoms with Gasteiger partial charge < -0.3 is 0 Å². The third-order valence-electron chi connectivity index (χ3n) is 1.96. The van der Waals surface area contributed by atoms with Crippen molar-refractivity contribution in [3.8, 4) is 0 Å². The Morgan fingerprint density at radius 2 is 1.77 bits per heavy atom. The predicted octanol–water partition coefficient (Wildman–Crippen LogP) is 3.63. The molecule has 0 saturated heterocycles. The van der Waals surface area contributed by atoms with Crippen LogP contribution in [0, 0.1) is 24.4 Å². The van der Waals surface area contributed by atoms with Crippen molar-refractivity contribution >= 4 is 21.4 Å². The highest BCUT2D eigenvalue weighted by Gasteiger charge is 2.17. The number of aryl methyl sites for hydroxylation is 1. The summed E-state index contributed by atoms with van der Waals surface area (Å²) >= 11 is 1.20. The minimum atomic E-state index is -1.39. The molecule has 0 atom stereocenters. The molecule has 4 heteroatoms. The number of benzene rings is 1. The van der Waals surface area contributed by atoms with E-state index in [0.717, 1.165) is 0 Å². The van der Waals surface area contributed by atoms with Crippen LogP contribution < -0.4 is 0 Å². The van der Waals surface area contributed by atoms with Crippen LogP contribution >= 0.6 is 11.3 Å². The van der Waals surface area contributed by atoms with Crippen LogP contribution in [0.5, 0.6) is 0 Å². The molecule has 13 heavy (non-hydrogen) atoms. The lowest BCUT2D eigenvalue weighted by Crippen LogP contribution is -1.94. The van der Waals surface area contributed by atoms with Gasteiger partial charge in [-0.2, -0.15) is 0 Å². The third-order valence-corrected chi connectivity index (χ3v) is 2.99. The number of hydrogen-bond acceptors (Lipinski definition) is 1. The molecule has 1 heterocycles. The fourth-order valence-electron chi connectivity index (χ4n) is 1.25. The Morgan fingerprint density at radius 3 is 2.46 bits per heavy atom. The van der Waals surface area contributed by atoms with E-state index in [9.17, 15) is 13.2 Å². The van der Waals surface area contributed by atoms with Crippen LogP contribution in [0.25, 0.3) is 10.1 Å². The van der Waals surface area contributed by atoms with Crippen LogP contribution in [0.4, 0.5) is 13.2 Å². The largest absolute Gasteiger partial charge is 0.203 e. The summed E-state index contributed by atoms with van der Waals surface area (Å²) in [5.74, 6) is -3.57. The minimum Gasteiger partial charge on any atom is -0.203 e. The topological polar surface area (TPSA) is 0 Å². The molecule has 0 nitrogen and oxygen atoms in total. The zero-order chi connectivity index (χ0) is 9.59. The van der Waals surface area contributed by atoms with Crippen molar-refractivity contribution in [2.45, 2.75) is 6.92 Å². The van der Waals surface area contributed by atoms with E-state index < -0.39 is 17.5 Å². The van der Waals surface area contributed by atoms with E-state index in [1.165, 1.54) is 24.3 Å². The molecule has 0 saturated carbocycles. The molecule has 0 aliphatic rings. The van der Waals surface area contributed by atoms with Crippen molar-refractivity contribution in [3.63, 3.8) is 0 Å². The smallest absolute Gasteiger partial charge is 0.195 e. The highest BCUT2D eigenvalue weighted by Crippen LogP contribution is 2.30. The fourth-order valence-corrected chi connectivity index (χ4v) is 2.14. The molecule has 1 aromatic carbocycles. The van der Waals surface area contributed by atoms with E-state index in [0.29, 0.717) is 4.70 Å². The Kier molecular flexibility index (Phi) is 1.80. The van der Waals surface area contributed by atoms with Crippen molar-refractivity contribution in [1.82, 2.24) is 0 Å². The van der Waals surface area contributed by atoms with Gasteiger partial charge in [0.05, 0.1) is 0 Å². The Balaban J connectivity index is 3.02. The molecule has 0 spiro atoms. The molecule has 2 aromatic rings. The maximum atomic E-state index is 13.1. The minimum absolute atomic E-state index is 0.154. The van der Waals surface area contributed by atoms with Crippen LogP contribution in [0.2, 0.25) is 0 Å². The van der Waals surface area contributed by atoms with Crippen LogP contribution in [0.1, 0.15) is 5.56 Å². The molecule has 0 aliphatic heterocycles. The summed E-state index contributed by atoms with van der Waals surface area (Å²) < 4.78 is 39.4. The standard InChI is InChI=1S/C9H5F3S/c1-4-6(10)8(12)7(11)5-2-3-13-9(4)5/h2-3H,1H3. The second kappa shape index (κ2) is 2.73. The molecule has 0 N–H and O–H groups in total. The molecule has 0 radical (unpaired) electrons. The van der Waals surface area contributed by atoms with Gasteiger partial charge in [0.1, 0.15) is 0 Å². The quantitative estimate of drug-likeness (QED) is 0.572. The van der Waals surface area contributed by atoms with Crippen molar-refractivity contribution in [1.29, 1.82) is 0 Å². The van der Waals surface area contributed by atoms with Crippen LogP contribution in [0.3, 0.4) is 0 Å². The normalized spacial score (nSPS) is 11.1. The van der Waals surface area contributed by atoms with Gasteiger partial charge in [0.25, 0.3) is 0 Å². The summed E-state index contributed by atoms with van der Waals surface area (Å²) in [5.41, 5.74) is 0.170. The number of rotatable bonds is 0. The lowest BCUT2D eigenvalue weighted by Gasteiger charge is -2.01. The Morgan fingerprint density at radius 1 is 1.08 bits per heavy atom. The van der Waals surface area contributed by atoms with E-state index in [-0.39, 0.29) is 10.9 Å². The Bertz CT molecular complexity index is 431. The molecule has 2 rings (SSSR count). The monoisotopic (exact) mass is 202 g/mol. The zero-order valence-corrected chi connectivity index (χ0v) is 7.51. The fraction of sp³-hybridized carbons (Fsp3) is 0.111. The average Bonchev–Trinajstić information content (AvgIpc) is 2.59. The van der Waals surface area contributed by atoms with Gasteiger partial charge in [0.15, 0.2) is 17.5 Å². The van der Waals surface area contributed by atoms with Gasteiger partial charge in [-0.15, -0.1) is 11.3 Å². The first-order valence-electron chi connectivity index (χ1n) is 3.63. The van der Waals surface area contributed by atoms with E-state index in [2.05, 4.69) is 0 Å². The summed E-state index contributed by atoms with van der Waals surface area (Å²) in [7, 11) is 0. The van der Waals surface area contributed by atoms with E-state index in [1.54, 1.807) is 5.38 Å². The molecule has 68 valence electrons. The molecule has 0 aliphatic carbocycles. The van der Waals surface area contributed by atoms with Gasteiger partial charge in [-0.05, 0) is 18.4 Å². The number of thiophene rings is 1. The average molecular weight is 202 g/mol. The van der Waals surface area contributed by atoms with Gasteiger partial charge in [-0.1, -0.05) is 0 Å². The lowest BCUT2D eigenvalue weighted by molar-refractivity contribution is 0.450. The highest BCUT2D eigenvalue weighted by atomic mass is 32.1. The molecule has 1 aromatic heterocycles. The third kappa shape index (κ3) is 1.05. The van der Waals surface area contributed by atoms with Crippen molar-refractivity contribution in [2.75, 3.05) is 0 Å². The summed E-state index contributed by atoms with van der Waals surface area (Å²) in [6, 6.07) is 1.45. The van der Waals surface area contributed by atoms with Gasteiger partial charge >= 0.3 is 0 Å². The number of halogens is 3. The second-order valence-electron chi connectivity index (χ2n) is 2.73. The molecule has 0 unspecified atom stereocenters. The summed E-state index contributed by atoms with van der Waals surface area (Å²) in [5, 5.41) is 1.76. The molecule has 0 amide bonds. The highest BCUT2D eigenvalue weighted by molar-refractivity contribution is 7.17. The first kappa shape index (κ1) is 8.56. The van der Waals surface area contributed by atoms with Gasteiger partial charge in [0.2, 0.25) is 0 Å². The lowest BCUT2D eigenvalue weighted by atomic mass is 10.1. The van der Waals surface area contributed by atoms with Crippen LogP contribution in [0.15, 0.2) is 11.4 Å². The zero-order valence-electron chi connectivity index (χ0n) is 6.70. The summed E-state index contributed by atoms with van der Waals surface area (Å²) in [6.07, 6.45) is 0. The second-order valence-corrected chi connectivity index (χ2v) is 3.65. The summed E-state index contributed by atoms with van der Waals surface area (Å²) in [4.78, 5) is 0. The Hall–Kier alpha value is -1.03. The first-order valence-corrected chi connectivity index (χ1v) is 4.51. The van der Waals surface area contributed by atoms with E-state index in [4.69, 9.17) is 0 Å². The molecule has 0 fully saturated rings. The number of hydrogen-bond donors (Lipinski definition) is 0. The van der Waals surface area contributed by atoms with Crippen LogP contribution in [-0.4, -0.2) is 0 Å². The van der Waals surface area contributed by atoms with Crippen molar-refractivity contribution in [2.24, 2.45) is 0 Å². The van der Waals surface area contributed by atoms with Gasteiger partial charge in [-0.3, -0.25) is 0 Å². The SMILES string of the molecule is Cc1c(F)c(F)c(F)c2ccsc12. The maximum absolute atomic E-state index is 13.1. The molecule has 0 bridgehead atoms. The van der Waals surface area contributed by atoms with E-state index >= 15 is 0 Å². The van der Waals surface area contributed by atoms with Gasteiger partial charge in [-0.25, -0.2) is 13.2 Å². The molecular weight excluding hydrogens is 197 g/mol. The first-order chi connectivity index (χ1) is 6.13. The van der Waals surface area contributed by atoms with Crippen molar-refractivity contribution in [3.05, 3.63) is 34.5 Å². The Labute approximate surface area is 76.6 Å².